The number of ketones is 1. The number of rotatable bonds is 5. The molecule has 0 spiro atoms. The molecule has 0 heterocycles. The van der Waals surface area contributed by atoms with Crippen molar-refractivity contribution in [2.75, 3.05) is 13.1 Å². The number of aryl methyl sites for hydroxylation is 1. The molecule has 0 saturated carbocycles. The van der Waals surface area contributed by atoms with E-state index >= 15 is 0 Å². The van der Waals surface area contributed by atoms with Crippen LogP contribution in [0.4, 0.5) is 0 Å². The minimum atomic E-state index is 0.152. The molecule has 0 aliphatic heterocycles. The van der Waals surface area contributed by atoms with Crippen LogP contribution in [0.5, 0.6) is 0 Å². The molecule has 1 aromatic rings. The lowest BCUT2D eigenvalue weighted by molar-refractivity contribution is 0.101. The maximum Gasteiger partial charge on any atom is 0.160 e. The second-order valence-electron chi connectivity index (χ2n) is 4.17. The largest absolute Gasteiger partial charge is 0.300 e. The minimum absolute atomic E-state index is 0.152. The third kappa shape index (κ3) is 3.17. The van der Waals surface area contributed by atoms with Gasteiger partial charge in [0.1, 0.15) is 0 Å². The number of Topliss-reactive ketones (excluding diaryl/α,β-unsaturated/α-hetero) is 1. The zero-order valence-corrected chi connectivity index (χ0v) is 10.7. The van der Waals surface area contributed by atoms with Crippen molar-refractivity contribution in [3.63, 3.8) is 0 Å². The molecule has 88 valence electrons. The summed E-state index contributed by atoms with van der Waals surface area (Å²) in [5.41, 5.74) is 3.14. The van der Waals surface area contributed by atoms with Crippen LogP contribution in [0.15, 0.2) is 18.2 Å². The highest BCUT2D eigenvalue weighted by Gasteiger charge is 2.07. The van der Waals surface area contributed by atoms with Crippen LogP contribution in [0.1, 0.15) is 42.3 Å². The molecule has 2 nitrogen and oxygen atoms in total. The highest BCUT2D eigenvalue weighted by molar-refractivity contribution is 5.95. The molecular weight excluding hydrogens is 198 g/mol. The van der Waals surface area contributed by atoms with Gasteiger partial charge in [-0.1, -0.05) is 26.0 Å². The molecule has 0 bridgehead atoms. The monoisotopic (exact) mass is 219 g/mol. The van der Waals surface area contributed by atoms with Crippen molar-refractivity contribution in [1.29, 1.82) is 0 Å². The fourth-order valence-electron chi connectivity index (χ4n) is 1.85. The van der Waals surface area contributed by atoms with E-state index in [0.29, 0.717) is 0 Å². The minimum Gasteiger partial charge on any atom is -0.300 e. The first-order chi connectivity index (χ1) is 7.58. The number of benzene rings is 1. The third-order valence-corrected chi connectivity index (χ3v) is 2.98. The standard InChI is InChI=1S/C14H21NO/c1-5-15(6-2)10-13-8-7-11(3)14(9-13)12(4)16/h7-9H,5-6,10H2,1-4H3. The van der Waals surface area contributed by atoms with Crippen molar-refractivity contribution in [1.82, 2.24) is 4.90 Å². The Labute approximate surface area is 98.3 Å². The van der Waals surface area contributed by atoms with E-state index in [9.17, 15) is 4.79 Å². The molecule has 0 fully saturated rings. The Morgan fingerprint density at radius 1 is 1.25 bits per heavy atom. The fourth-order valence-corrected chi connectivity index (χ4v) is 1.85. The zero-order chi connectivity index (χ0) is 12.1. The summed E-state index contributed by atoms with van der Waals surface area (Å²) in [7, 11) is 0. The van der Waals surface area contributed by atoms with Crippen molar-refractivity contribution < 1.29 is 4.79 Å². The summed E-state index contributed by atoms with van der Waals surface area (Å²) in [5.74, 6) is 0.152. The number of carbonyl (C=O) groups excluding carboxylic acids is 1. The van der Waals surface area contributed by atoms with E-state index < -0.39 is 0 Å². The van der Waals surface area contributed by atoms with Gasteiger partial charge >= 0.3 is 0 Å². The summed E-state index contributed by atoms with van der Waals surface area (Å²) in [4.78, 5) is 13.8. The van der Waals surface area contributed by atoms with Crippen LogP contribution >= 0.6 is 0 Å². The molecule has 0 unspecified atom stereocenters. The van der Waals surface area contributed by atoms with E-state index in [1.807, 2.05) is 19.1 Å². The number of hydrogen-bond acceptors (Lipinski definition) is 2. The number of carbonyl (C=O) groups is 1. The summed E-state index contributed by atoms with van der Waals surface area (Å²) in [6.45, 7) is 10.9. The van der Waals surface area contributed by atoms with Crippen LogP contribution in [0.25, 0.3) is 0 Å². The smallest absolute Gasteiger partial charge is 0.160 e. The molecule has 0 saturated heterocycles. The third-order valence-electron chi connectivity index (χ3n) is 2.98. The van der Waals surface area contributed by atoms with E-state index in [1.165, 1.54) is 5.56 Å². The molecule has 2 heteroatoms. The molecule has 0 aliphatic rings. The van der Waals surface area contributed by atoms with Crippen molar-refractivity contribution in [2.45, 2.75) is 34.2 Å². The van der Waals surface area contributed by atoms with E-state index in [1.54, 1.807) is 6.92 Å². The molecule has 1 rings (SSSR count). The summed E-state index contributed by atoms with van der Waals surface area (Å²) in [5, 5.41) is 0. The summed E-state index contributed by atoms with van der Waals surface area (Å²) in [6.07, 6.45) is 0. The maximum atomic E-state index is 11.4. The van der Waals surface area contributed by atoms with Crippen molar-refractivity contribution in [3.8, 4) is 0 Å². The highest BCUT2D eigenvalue weighted by atomic mass is 16.1. The molecule has 1 aromatic carbocycles. The highest BCUT2D eigenvalue weighted by Crippen LogP contribution is 2.13. The Kier molecular flexibility index (Phi) is 4.69. The lowest BCUT2D eigenvalue weighted by Gasteiger charge is -2.18. The van der Waals surface area contributed by atoms with Gasteiger partial charge < -0.3 is 0 Å². The van der Waals surface area contributed by atoms with Gasteiger partial charge in [0.15, 0.2) is 5.78 Å². The fraction of sp³-hybridized carbons (Fsp3) is 0.500. The molecule has 0 aliphatic carbocycles. The van der Waals surface area contributed by atoms with Crippen molar-refractivity contribution in [3.05, 3.63) is 34.9 Å². The van der Waals surface area contributed by atoms with Crippen LogP contribution in [0, 0.1) is 6.92 Å². The van der Waals surface area contributed by atoms with E-state index in [-0.39, 0.29) is 5.78 Å². The average molecular weight is 219 g/mol. The average Bonchev–Trinajstić information content (AvgIpc) is 2.27. The molecule has 0 aromatic heterocycles. The Balaban J connectivity index is 2.90. The van der Waals surface area contributed by atoms with E-state index in [2.05, 4.69) is 24.8 Å². The lowest BCUT2D eigenvalue weighted by Crippen LogP contribution is -2.22. The second kappa shape index (κ2) is 5.80. The van der Waals surface area contributed by atoms with Gasteiger partial charge in [-0.05, 0) is 44.1 Å². The van der Waals surface area contributed by atoms with Gasteiger partial charge in [0.05, 0.1) is 0 Å². The quantitative estimate of drug-likeness (QED) is 0.709. The predicted molar refractivity (Wildman–Crippen MR) is 67.8 cm³/mol. The van der Waals surface area contributed by atoms with Gasteiger partial charge in [0, 0.05) is 12.1 Å². The first kappa shape index (κ1) is 12.9. The lowest BCUT2D eigenvalue weighted by atomic mass is 10.0. The summed E-state index contributed by atoms with van der Waals surface area (Å²) in [6, 6.07) is 6.17. The Hall–Kier alpha value is -1.15. The predicted octanol–water partition coefficient (Wildman–Crippen LogP) is 3.04. The SMILES string of the molecule is CCN(CC)Cc1ccc(C)c(C(C)=O)c1. The van der Waals surface area contributed by atoms with Crippen LogP contribution in [-0.2, 0) is 6.54 Å². The zero-order valence-electron chi connectivity index (χ0n) is 10.7. The first-order valence-corrected chi connectivity index (χ1v) is 5.91. The maximum absolute atomic E-state index is 11.4. The first-order valence-electron chi connectivity index (χ1n) is 5.91. The van der Waals surface area contributed by atoms with Gasteiger partial charge in [-0.3, -0.25) is 9.69 Å². The van der Waals surface area contributed by atoms with Crippen LogP contribution < -0.4 is 0 Å². The second-order valence-corrected chi connectivity index (χ2v) is 4.17. The summed E-state index contributed by atoms with van der Waals surface area (Å²) < 4.78 is 0. The van der Waals surface area contributed by atoms with Gasteiger partial charge in [0.25, 0.3) is 0 Å². The molecule has 0 radical (unpaired) electrons. The van der Waals surface area contributed by atoms with Gasteiger partial charge in [-0.15, -0.1) is 0 Å². The number of nitrogens with zero attached hydrogens (tertiary/aromatic N) is 1. The molecule has 0 N–H and O–H groups in total. The Morgan fingerprint density at radius 2 is 1.88 bits per heavy atom. The Morgan fingerprint density at radius 3 is 2.38 bits per heavy atom. The summed E-state index contributed by atoms with van der Waals surface area (Å²) >= 11 is 0. The molecular formula is C14H21NO. The normalized spacial score (nSPS) is 10.8. The van der Waals surface area contributed by atoms with Gasteiger partial charge in [-0.25, -0.2) is 0 Å². The van der Waals surface area contributed by atoms with Gasteiger partial charge in [-0.2, -0.15) is 0 Å². The number of hydrogen-bond donors (Lipinski definition) is 0. The van der Waals surface area contributed by atoms with Gasteiger partial charge in [0.2, 0.25) is 0 Å². The topological polar surface area (TPSA) is 20.3 Å². The van der Waals surface area contributed by atoms with Crippen molar-refractivity contribution in [2.24, 2.45) is 0 Å². The van der Waals surface area contributed by atoms with E-state index in [0.717, 1.165) is 30.8 Å². The van der Waals surface area contributed by atoms with Crippen LogP contribution in [0.3, 0.4) is 0 Å². The molecule has 0 atom stereocenters. The van der Waals surface area contributed by atoms with E-state index in [4.69, 9.17) is 0 Å². The van der Waals surface area contributed by atoms with Crippen LogP contribution in [-0.4, -0.2) is 23.8 Å². The molecule has 16 heavy (non-hydrogen) atoms. The van der Waals surface area contributed by atoms with Crippen LogP contribution in [0.2, 0.25) is 0 Å². The Bertz CT molecular complexity index is 367. The van der Waals surface area contributed by atoms with Crippen molar-refractivity contribution >= 4 is 5.78 Å². The molecule has 0 amide bonds.